The molecule has 0 saturated heterocycles. The van der Waals surface area contributed by atoms with Crippen molar-refractivity contribution in [3.8, 4) is 0 Å². The predicted molar refractivity (Wildman–Crippen MR) is 95.7 cm³/mol. The smallest absolute Gasteiger partial charge is 0.270 e. The van der Waals surface area contributed by atoms with Crippen molar-refractivity contribution in [1.29, 1.82) is 0 Å². The molecule has 0 aromatic heterocycles. The summed E-state index contributed by atoms with van der Waals surface area (Å²) in [6, 6.07) is 3.98. The van der Waals surface area contributed by atoms with Crippen molar-refractivity contribution < 1.29 is 9.72 Å². The molecule has 4 fully saturated rings. The van der Waals surface area contributed by atoms with Crippen LogP contribution in [0.3, 0.4) is 0 Å². The van der Waals surface area contributed by atoms with Gasteiger partial charge >= 0.3 is 0 Å². The lowest BCUT2D eigenvalue weighted by atomic mass is 9.49. The molecule has 134 valence electrons. The zero-order valence-electron chi connectivity index (χ0n) is 14.2. The molecule has 25 heavy (non-hydrogen) atoms. The standard InChI is InChI=1S/C19H23ClN2O3/c20-17-8-15(22(24)25)1-2-16(17)18(23)21-4-3-19-9-12-5-13(10-19)7-14(6-12)11-19/h1-2,8,12-14H,3-7,9-11H2,(H,21,23). The maximum absolute atomic E-state index is 12.4. The van der Waals surface area contributed by atoms with Crippen LogP contribution >= 0.6 is 11.6 Å². The maximum Gasteiger partial charge on any atom is 0.270 e. The van der Waals surface area contributed by atoms with Crippen molar-refractivity contribution in [3.63, 3.8) is 0 Å². The van der Waals surface area contributed by atoms with Gasteiger partial charge in [0.1, 0.15) is 0 Å². The fourth-order valence-corrected chi connectivity index (χ4v) is 6.19. The molecule has 0 atom stereocenters. The molecule has 0 heterocycles. The van der Waals surface area contributed by atoms with Gasteiger partial charge < -0.3 is 5.32 Å². The van der Waals surface area contributed by atoms with Crippen molar-refractivity contribution >= 4 is 23.2 Å². The first kappa shape index (κ1) is 16.8. The molecule has 5 rings (SSSR count). The highest BCUT2D eigenvalue weighted by Crippen LogP contribution is 2.61. The molecular weight excluding hydrogens is 340 g/mol. The van der Waals surface area contributed by atoms with E-state index in [0.29, 0.717) is 17.5 Å². The van der Waals surface area contributed by atoms with E-state index in [4.69, 9.17) is 11.6 Å². The van der Waals surface area contributed by atoms with E-state index in [0.717, 1.165) is 24.2 Å². The van der Waals surface area contributed by atoms with Gasteiger partial charge in [-0.25, -0.2) is 0 Å². The van der Waals surface area contributed by atoms with Crippen LogP contribution in [-0.4, -0.2) is 17.4 Å². The fraction of sp³-hybridized carbons (Fsp3) is 0.632. The maximum atomic E-state index is 12.4. The van der Waals surface area contributed by atoms with Crippen molar-refractivity contribution in [2.24, 2.45) is 23.2 Å². The van der Waals surface area contributed by atoms with Gasteiger partial charge in [-0.2, -0.15) is 0 Å². The Kier molecular flexibility index (Phi) is 4.22. The van der Waals surface area contributed by atoms with Gasteiger partial charge in [-0.1, -0.05) is 11.6 Å². The Bertz CT molecular complexity index is 683. The number of amides is 1. The Labute approximate surface area is 152 Å². The third-order valence-corrected chi connectivity index (χ3v) is 6.83. The number of nitrogens with zero attached hydrogens (tertiary/aromatic N) is 1. The Balaban J connectivity index is 1.36. The summed E-state index contributed by atoms with van der Waals surface area (Å²) in [6.07, 6.45) is 9.28. The highest BCUT2D eigenvalue weighted by atomic mass is 35.5. The van der Waals surface area contributed by atoms with Crippen molar-refractivity contribution in [2.75, 3.05) is 6.54 Å². The average Bonchev–Trinajstić information content (AvgIpc) is 2.53. The first-order valence-corrected chi connectivity index (χ1v) is 9.54. The minimum Gasteiger partial charge on any atom is -0.352 e. The second-order valence-electron chi connectivity index (χ2n) is 8.34. The van der Waals surface area contributed by atoms with Gasteiger partial charge in [0.05, 0.1) is 15.5 Å². The summed E-state index contributed by atoms with van der Waals surface area (Å²) < 4.78 is 0. The molecule has 0 unspecified atom stereocenters. The molecule has 4 saturated carbocycles. The number of carbonyl (C=O) groups is 1. The molecule has 0 spiro atoms. The van der Waals surface area contributed by atoms with Gasteiger partial charge in [0.25, 0.3) is 11.6 Å². The lowest BCUT2D eigenvalue weighted by Crippen LogP contribution is -2.47. The first-order valence-electron chi connectivity index (χ1n) is 9.16. The highest BCUT2D eigenvalue weighted by Gasteiger charge is 2.50. The van der Waals surface area contributed by atoms with Crippen LogP contribution in [-0.2, 0) is 0 Å². The number of non-ortho nitro benzene ring substituents is 1. The molecule has 4 aliphatic rings. The number of nitrogens with one attached hydrogen (secondary N) is 1. The Morgan fingerprint density at radius 3 is 2.32 bits per heavy atom. The minimum atomic E-state index is -0.513. The summed E-state index contributed by atoms with van der Waals surface area (Å²) in [5.74, 6) is 2.48. The molecule has 4 aliphatic carbocycles. The molecule has 1 N–H and O–H groups in total. The summed E-state index contributed by atoms with van der Waals surface area (Å²) >= 11 is 6.04. The number of nitro benzene ring substituents is 1. The zero-order valence-corrected chi connectivity index (χ0v) is 14.9. The molecule has 1 aromatic carbocycles. The van der Waals surface area contributed by atoms with E-state index in [-0.39, 0.29) is 16.6 Å². The Morgan fingerprint density at radius 1 is 1.20 bits per heavy atom. The van der Waals surface area contributed by atoms with Gasteiger partial charge in [-0.05, 0) is 74.2 Å². The zero-order chi connectivity index (χ0) is 17.6. The number of hydrogen-bond acceptors (Lipinski definition) is 3. The lowest BCUT2D eigenvalue weighted by Gasteiger charge is -2.57. The summed E-state index contributed by atoms with van der Waals surface area (Å²) in [5, 5.41) is 13.9. The van der Waals surface area contributed by atoms with Crippen LogP contribution in [0.1, 0.15) is 55.3 Å². The molecule has 5 nitrogen and oxygen atoms in total. The number of halogens is 1. The van der Waals surface area contributed by atoms with Gasteiger partial charge in [0.2, 0.25) is 0 Å². The molecule has 1 amide bonds. The lowest BCUT2D eigenvalue weighted by molar-refractivity contribution is -0.384. The van der Waals surface area contributed by atoms with Gasteiger partial charge in [-0.15, -0.1) is 0 Å². The summed E-state index contributed by atoms with van der Waals surface area (Å²) in [7, 11) is 0. The molecule has 6 heteroatoms. The number of carbonyl (C=O) groups excluding carboxylic acids is 1. The topological polar surface area (TPSA) is 72.2 Å². The van der Waals surface area contributed by atoms with Crippen molar-refractivity contribution in [2.45, 2.75) is 44.9 Å². The van der Waals surface area contributed by atoms with Gasteiger partial charge in [0, 0.05) is 18.7 Å². The summed E-state index contributed by atoms with van der Waals surface area (Å²) in [5.41, 5.74) is 0.634. The number of rotatable bonds is 5. The highest BCUT2D eigenvalue weighted by molar-refractivity contribution is 6.34. The largest absolute Gasteiger partial charge is 0.352 e. The van der Waals surface area contributed by atoms with E-state index in [2.05, 4.69) is 5.32 Å². The third kappa shape index (κ3) is 3.26. The summed E-state index contributed by atoms with van der Waals surface area (Å²) in [6.45, 7) is 0.651. The Hall–Kier alpha value is -1.62. The van der Waals surface area contributed by atoms with E-state index < -0.39 is 4.92 Å². The quantitative estimate of drug-likeness (QED) is 0.615. The van der Waals surface area contributed by atoms with Crippen LogP contribution in [0.25, 0.3) is 0 Å². The molecule has 0 radical (unpaired) electrons. The average molecular weight is 363 g/mol. The van der Waals surface area contributed by atoms with E-state index in [1.807, 2.05) is 0 Å². The van der Waals surface area contributed by atoms with Crippen molar-refractivity contribution in [3.05, 3.63) is 38.9 Å². The molecule has 4 bridgehead atoms. The van der Waals surface area contributed by atoms with Crippen LogP contribution in [0.15, 0.2) is 18.2 Å². The van der Waals surface area contributed by atoms with E-state index in [1.54, 1.807) is 0 Å². The van der Waals surface area contributed by atoms with Gasteiger partial charge in [0.15, 0.2) is 0 Å². The van der Waals surface area contributed by atoms with Crippen LogP contribution in [0, 0.1) is 33.3 Å². The van der Waals surface area contributed by atoms with Crippen LogP contribution in [0.4, 0.5) is 5.69 Å². The predicted octanol–water partition coefficient (Wildman–Crippen LogP) is 4.58. The van der Waals surface area contributed by atoms with Crippen molar-refractivity contribution in [1.82, 2.24) is 5.32 Å². The third-order valence-electron chi connectivity index (χ3n) is 6.51. The molecule has 0 aliphatic heterocycles. The molecular formula is C19H23ClN2O3. The van der Waals surface area contributed by atoms with Crippen LogP contribution in [0.5, 0.6) is 0 Å². The molecule has 1 aromatic rings. The van der Waals surface area contributed by atoms with E-state index >= 15 is 0 Å². The fourth-order valence-electron chi connectivity index (χ4n) is 5.93. The second-order valence-corrected chi connectivity index (χ2v) is 8.75. The minimum absolute atomic E-state index is 0.102. The number of nitro groups is 1. The van der Waals surface area contributed by atoms with Crippen LogP contribution < -0.4 is 5.32 Å². The van der Waals surface area contributed by atoms with E-state index in [9.17, 15) is 14.9 Å². The monoisotopic (exact) mass is 362 g/mol. The second kappa shape index (κ2) is 6.27. The SMILES string of the molecule is O=C(NCCC12CC3CC(CC(C3)C1)C2)c1ccc([N+](=O)[O-])cc1Cl. The van der Waals surface area contributed by atoms with Gasteiger partial charge in [-0.3, -0.25) is 14.9 Å². The Morgan fingerprint density at radius 2 is 1.80 bits per heavy atom. The van der Waals surface area contributed by atoms with E-state index in [1.165, 1.54) is 56.7 Å². The normalized spacial score (nSPS) is 32.6. The van der Waals surface area contributed by atoms with Crippen LogP contribution in [0.2, 0.25) is 5.02 Å². The first-order chi connectivity index (χ1) is 11.9. The summed E-state index contributed by atoms with van der Waals surface area (Å²) in [4.78, 5) is 22.6. The number of hydrogen-bond donors (Lipinski definition) is 1. The number of benzene rings is 1.